The average Bonchev–Trinajstić information content (AvgIpc) is 3.71. The number of likely N-dealkylation sites (tertiary alicyclic amines) is 1. The van der Waals surface area contributed by atoms with Gasteiger partial charge in [0.1, 0.15) is 11.6 Å². The van der Waals surface area contributed by atoms with Crippen molar-refractivity contribution in [2.75, 3.05) is 20.1 Å². The number of benzene rings is 2. The molecular formula is C30H35BN6. The molecule has 0 bridgehead atoms. The van der Waals surface area contributed by atoms with Gasteiger partial charge in [-0.2, -0.15) is 0 Å². The maximum Gasteiger partial charge on any atom is 0.186 e. The van der Waals surface area contributed by atoms with Crippen molar-refractivity contribution in [3.8, 4) is 33.6 Å². The summed E-state index contributed by atoms with van der Waals surface area (Å²) in [4.78, 5) is 21.6. The van der Waals surface area contributed by atoms with E-state index in [4.69, 9.17) is 9.97 Å². The zero-order valence-electron chi connectivity index (χ0n) is 22.3. The van der Waals surface area contributed by atoms with E-state index in [0.717, 1.165) is 36.1 Å². The first-order valence-corrected chi connectivity index (χ1v) is 13.7. The Bertz CT molecular complexity index is 1370. The molecule has 2 N–H and O–H groups in total. The topological polar surface area (TPSA) is 63.8 Å². The first-order chi connectivity index (χ1) is 17.9. The van der Waals surface area contributed by atoms with Crippen molar-refractivity contribution in [3.63, 3.8) is 0 Å². The minimum atomic E-state index is -0.0836. The molecule has 3 aliphatic rings. The van der Waals surface area contributed by atoms with E-state index in [9.17, 15) is 0 Å². The second-order valence-electron chi connectivity index (χ2n) is 11.8. The SMILES string of the molecule is BN1CCC[C@H]1c1ncc(-c2ccc3c(c2)C(C)(C)c2cc(-c4cnc([C@@H]5CCCN5C)[nH]4)ccc2-3)[nH]1. The van der Waals surface area contributed by atoms with Gasteiger partial charge in [0.15, 0.2) is 7.98 Å². The molecule has 7 heteroatoms. The Hall–Kier alpha value is -3.16. The molecule has 7 rings (SSSR count). The van der Waals surface area contributed by atoms with Gasteiger partial charge >= 0.3 is 0 Å². The molecule has 2 aromatic carbocycles. The summed E-state index contributed by atoms with van der Waals surface area (Å²) >= 11 is 0. The molecule has 1 aliphatic carbocycles. The van der Waals surface area contributed by atoms with Gasteiger partial charge in [0.2, 0.25) is 0 Å². The van der Waals surface area contributed by atoms with E-state index in [-0.39, 0.29) is 5.41 Å². The quantitative estimate of drug-likeness (QED) is 0.385. The number of hydrogen-bond donors (Lipinski definition) is 2. The number of nitrogens with zero attached hydrogens (tertiary/aromatic N) is 4. The van der Waals surface area contributed by atoms with Crippen LogP contribution in [0.1, 0.15) is 74.4 Å². The highest BCUT2D eigenvalue weighted by atomic mass is 15.2. The van der Waals surface area contributed by atoms with Crippen LogP contribution in [0.25, 0.3) is 33.6 Å². The number of hydrogen-bond acceptors (Lipinski definition) is 4. The van der Waals surface area contributed by atoms with Gasteiger partial charge in [0.25, 0.3) is 0 Å². The molecule has 2 saturated heterocycles. The Labute approximate surface area is 220 Å². The van der Waals surface area contributed by atoms with Gasteiger partial charge in [-0.3, -0.25) is 4.90 Å². The molecule has 0 saturated carbocycles. The molecule has 0 spiro atoms. The summed E-state index contributed by atoms with van der Waals surface area (Å²) < 4.78 is 0. The summed E-state index contributed by atoms with van der Waals surface area (Å²) in [6, 6.07) is 14.6. The van der Waals surface area contributed by atoms with Crippen molar-refractivity contribution in [2.24, 2.45) is 0 Å². The van der Waals surface area contributed by atoms with Crippen molar-refractivity contribution >= 4 is 7.98 Å². The van der Waals surface area contributed by atoms with Crippen LogP contribution in [0.5, 0.6) is 0 Å². The molecule has 0 radical (unpaired) electrons. The zero-order chi connectivity index (χ0) is 25.3. The lowest BCUT2D eigenvalue weighted by molar-refractivity contribution is 0.307. The van der Waals surface area contributed by atoms with Gasteiger partial charge in [0, 0.05) is 5.41 Å². The van der Waals surface area contributed by atoms with Gasteiger partial charge in [-0.15, -0.1) is 0 Å². The zero-order valence-corrected chi connectivity index (χ0v) is 22.3. The van der Waals surface area contributed by atoms with Gasteiger partial charge in [-0.1, -0.05) is 38.1 Å². The van der Waals surface area contributed by atoms with Gasteiger partial charge < -0.3 is 14.8 Å². The van der Waals surface area contributed by atoms with Crippen LogP contribution in [0.15, 0.2) is 48.8 Å². The first kappa shape index (κ1) is 23.0. The van der Waals surface area contributed by atoms with E-state index in [2.05, 4.69) is 85.0 Å². The largest absolute Gasteiger partial charge is 0.341 e. The monoisotopic (exact) mass is 490 g/mol. The normalized spacial score (nSPS) is 23.0. The number of imidazole rings is 2. The van der Waals surface area contributed by atoms with E-state index in [1.54, 1.807) is 0 Å². The fourth-order valence-electron chi connectivity index (χ4n) is 6.89. The second kappa shape index (κ2) is 8.43. The van der Waals surface area contributed by atoms with Crippen molar-refractivity contribution < 1.29 is 0 Å². The molecule has 2 aromatic heterocycles. The van der Waals surface area contributed by atoms with Crippen LogP contribution in [-0.4, -0.2) is 57.8 Å². The highest BCUT2D eigenvalue weighted by Crippen LogP contribution is 2.50. The molecule has 6 nitrogen and oxygen atoms in total. The van der Waals surface area contributed by atoms with Crippen molar-refractivity contribution in [1.82, 2.24) is 29.6 Å². The van der Waals surface area contributed by atoms with Crippen molar-refractivity contribution in [2.45, 2.75) is 57.0 Å². The van der Waals surface area contributed by atoms with Crippen molar-refractivity contribution in [1.29, 1.82) is 0 Å². The Kier molecular flexibility index (Phi) is 5.24. The molecule has 37 heavy (non-hydrogen) atoms. The summed E-state index contributed by atoms with van der Waals surface area (Å²) in [5.41, 5.74) is 9.97. The molecule has 0 unspecified atom stereocenters. The molecule has 2 atom stereocenters. The molecule has 4 aromatic rings. The predicted molar refractivity (Wildman–Crippen MR) is 151 cm³/mol. The van der Waals surface area contributed by atoms with Gasteiger partial charge in [-0.05, 0) is 91.3 Å². The lowest BCUT2D eigenvalue weighted by Crippen LogP contribution is -2.20. The Morgan fingerprint density at radius 3 is 1.86 bits per heavy atom. The smallest absolute Gasteiger partial charge is 0.186 e. The highest BCUT2D eigenvalue weighted by molar-refractivity contribution is 6.04. The lowest BCUT2D eigenvalue weighted by atomic mass is 9.81. The third-order valence-electron chi connectivity index (χ3n) is 9.16. The average molecular weight is 490 g/mol. The summed E-state index contributed by atoms with van der Waals surface area (Å²) in [5, 5.41) is 0. The van der Waals surface area contributed by atoms with Gasteiger partial charge in [-0.25, -0.2) is 9.97 Å². The Balaban J connectivity index is 1.21. The second-order valence-corrected chi connectivity index (χ2v) is 11.8. The van der Waals surface area contributed by atoms with Crippen LogP contribution in [0.3, 0.4) is 0 Å². The van der Waals surface area contributed by atoms with E-state index in [1.165, 1.54) is 59.1 Å². The molecule has 188 valence electrons. The maximum atomic E-state index is 4.77. The first-order valence-electron chi connectivity index (χ1n) is 13.7. The number of fused-ring (bicyclic) bond motifs is 3. The maximum absolute atomic E-state index is 4.77. The van der Waals surface area contributed by atoms with Crippen LogP contribution < -0.4 is 0 Å². The fourth-order valence-corrected chi connectivity index (χ4v) is 6.89. The van der Waals surface area contributed by atoms with Crippen molar-refractivity contribution in [3.05, 3.63) is 71.6 Å². The highest BCUT2D eigenvalue weighted by Gasteiger charge is 2.36. The number of aromatic amines is 2. The van der Waals surface area contributed by atoms with Crippen LogP contribution >= 0.6 is 0 Å². The lowest BCUT2D eigenvalue weighted by Gasteiger charge is -2.22. The minimum Gasteiger partial charge on any atom is -0.341 e. The minimum absolute atomic E-state index is 0.0836. The third kappa shape index (κ3) is 3.63. The van der Waals surface area contributed by atoms with E-state index < -0.39 is 0 Å². The summed E-state index contributed by atoms with van der Waals surface area (Å²) in [6.45, 7) is 6.99. The third-order valence-corrected chi connectivity index (χ3v) is 9.16. The van der Waals surface area contributed by atoms with Gasteiger partial charge in [0.05, 0.1) is 35.9 Å². The molecule has 4 heterocycles. The molecule has 0 amide bonds. The Morgan fingerprint density at radius 1 is 0.811 bits per heavy atom. The van der Waals surface area contributed by atoms with Crippen LogP contribution in [0.2, 0.25) is 0 Å². The number of aromatic nitrogens is 4. The number of H-pyrrole nitrogens is 2. The summed E-state index contributed by atoms with van der Waals surface area (Å²) in [7, 11) is 4.39. The van der Waals surface area contributed by atoms with Crippen LogP contribution in [0, 0.1) is 0 Å². The standard InChI is InChI=1S/C30H35BN6/c1-30(2)22-14-18(24-16-32-28(34-24)26-6-4-12-36(26)3)8-10-20(22)21-11-9-19(15-23(21)30)25-17-33-29(35-25)27-7-5-13-37(27)31/h8-11,14-17,26-27H,4-7,12-13,31H2,1-3H3,(H,32,34)(H,33,35)/t26-,27-/m0/s1. The number of nitrogens with one attached hydrogen (secondary N) is 2. The predicted octanol–water partition coefficient (Wildman–Crippen LogP) is 5.22. The molecule has 2 fully saturated rings. The van der Waals surface area contributed by atoms with Crippen LogP contribution in [0.4, 0.5) is 0 Å². The summed E-state index contributed by atoms with van der Waals surface area (Å²) in [6.07, 6.45) is 8.84. The van der Waals surface area contributed by atoms with E-state index >= 15 is 0 Å². The molecular weight excluding hydrogens is 455 g/mol. The van der Waals surface area contributed by atoms with Crippen LogP contribution in [-0.2, 0) is 5.41 Å². The Morgan fingerprint density at radius 2 is 1.35 bits per heavy atom. The summed E-state index contributed by atoms with van der Waals surface area (Å²) in [5.74, 6) is 2.18. The number of rotatable bonds is 4. The van der Waals surface area contributed by atoms with E-state index in [0.29, 0.717) is 12.1 Å². The fraction of sp³-hybridized carbons (Fsp3) is 0.400. The molecule has 2 aliphatic heterocycles. The van der Waals surface area contributed by atoms with E-state index in [1.807, 2.05) is 12.4 Å².